The molecule has 0 aromatic heterocycles. The molecular weight excluding hydrogens is 316 g/mol. The predicted octanol–water partition coefficient (Wildman–Crippen LogP) is 3.03. The third kappa shape index (κ3) is 3.88. The van der Waals surface area contributed by atoms with Crippen molar-refractivity contribution in [1.29, 1.82) is 0 Å². The molecule has 130 valence electrons. The van der Waals surface area contributed by atoms with Crippen molar-refractivity contribution < 1.29 is 14.3 Å². The second kappa shape index (κ2) is 7.49. The smallest absolute Gasteiger partial charge is 0.337 e. The molecule has 0 saturated heterocycles. The second-order valence-electron chi connectivity index (χ2n) is 6.27. The number of hydrogen-bond acceptors (Lipinski definition) is 4. The summed E-state index contributed by atoms with van der Waals surface area (Å²) in [7, 11) is 3.40. The minimum absolute atomic E-state index is 0.0422. The van der Waals surface area contributed by atoms with E-state index < -0.39 is 5.97 Å². The van der Waals surface area contributed by atoms with Gasteiger partial charge in [-0.2, -0.15) is 0 Å². The number of esters is 1. The van der Waals surface area contributed by atoms with E-state index in [-0.39, 0.29) is 11.9 Å². The number of hydrogen-bond donors (Lipinski definition) is 1. The van der Waals surface area contributed by atoms with E-state index in [9.17, 15) is 9.59 Å². The maximum atomic E-state index is 12.5. The van der Waals surface area contributed by atoms with Crippen molar-refractivity contribution in [3.05, 3.63) is 65.2 Å². The minimum Gasteiger partial charge on any atom is -0.465 e. The molecule has 1 aliphatic rings. The predicted molar refractivity (Wildman–Crippen MR) is 96.5 cm³/mol. The Balaban J connectivity index is 1.67. The molecule has 0 bridgehead atoms. The number of methoxy groups -OCH3 is 1. The molecule has 2 aromatic rings. The van der Waals surface area contributed by atoms with Crippen LogP contribution in [0.4, 0.5) is 5.69 Å². The van der Waals surface area contributed by atoms with E-state index >= 15 is 0 Å². The molecule has 0 saturated carbocycles. The maximum absolute atomic E-state index is 12.5. The number of anilines is 1. The van der Waals surface area contributed by atoms with Gasteiger partial charge in [0.25, 0.3) is 0 Å². The molecule has 3 rings (SSSR count). The molecule has 2 aromatic carbocycles. The average Bonchev–Trinajstić information content (AvgIpc) is 2.64. The molecule has 0 radical (unpaired) electrons. The van der Waals surface area contributed by atoms with Gasteiger partial charge >= 0.3 is 5.97 Å². The van der Waals surface area contributed by atoms with Gasteiger partial charge < -0.3 is 10.1 Å². The van der Waals surface area contributed by atoms with Crippen LogP contribution in [0.3, 0.4) is 0 Å². The first-order valence-corrected chi connectivity index (χ1v) is 8.35. The first-order chi connectivity index (χ1) is 12.1. The quantitative estimate of drug-likeness (QED) is 0.871. The van der Waals surface area contributed by atoms with Gasteiger partial charge in [-0.3, -0.25) is 9.69 Å². The van der Waals surface area contributed by atoms with Gasteiger partial charge in [0, 0.05) is 24.7 Å². The number of carbonyl (C=O) groups is 2. The van der Waals surface area contributed by atoms with E-state index in [1.807, 2.05) is 12.1 Å². The molecule has 1 aliphatic heterocycles. The van der Waals surface area contributed by atoms with Gasteiger partial charge in [0.15, 0.2) is 0 Å². The van der Waals surface area contributed by atoms with E-state index in [0.717, 1.165) is 13.0 Å². The first-order valence-electron chi connectivity index (χ1n) is 8.35. The molecule has 0 spiro atoms. The number of rotatable bonds is 4. The third-order valence-corrected chi connectivity index (χ3v) is 4.65. The third-order valence-electron chi connectivity index (χ3n) is 4.65. The molecule has 1 N–H and O–H groups in total. The largest absolute Gasteiger partial charge is 0.465 e. The zero-order valence-electron chi connectivity index (χ0n) is 14.5. The molecule has 0 aliphatic carbocycles. The Morgan fingerprint density at radius 1 is 1.16 bits per heavy atom. The number of benzene rings is 2. The summed E-state index contributed by atoms with van der Waals surface area (Å²) in [5.41, 5.74) is 3.68. The van der Waals surface area contributed by atoms with Gasteiger partial charge in [0.05, 0.1) is 12.7 Å². The number of amides is 1. The van der Waals surface area contributed by atoms with Crippen LogP contribution in [-0.4, -0.2) is 37.5 Å². The van der Waals surface area contributed by atoms with Gasteiger partial charge in [-0.15, -0.1) is 0 Å². The van der Waals surface area contributed by atoms with Crippen molar-refractivity contribution in [2.75, 3.05) is 26.0 Å². The van der Waals surface area contributed by atoms with Crippen LogP contribution in [0.15, 0.2) is 48.5 Å². The van der Waals surface area contributed by atoms with Gasteiger partial charge in [-0.1, -0.05) is 24.3 Å². The lowest BCUT2D eigenvalue weighted by molar-refractivity contribution is -0.117. The van der Waals surface area contributed by atoms with Crippen molar-refractivity contribution in [3.8, 4) is 0 Å². The Morgan fingerprint density at radius 2 is 1.88 bits per heavy atom. The normalized spacial score (nSPS) is 16.8. The Hall–Kier alpha value is -2.66. The molecular formula is C20H22N2O3. The van der Waals surface area contributed by atoms with Gasteiger partial charge in [0.1, 0.15) is 0 Å². The number of nitrogens with one attached hydrogen (secondary N) is 1. The number of fused-ring (bicyclic) bond motifs is 1. The van der Waals surface area contributed by atoms with E-state index in [4.69, 9.17) is 0 Å². The average molecular weight is 338 g/mol. The summed E-state index contributed by atoms with van der Waals surface area (Å²) in [5.74, 6) is -0.433. The number of nitrogens with zero attached hydrogens (tertiary/aromatic N) is 1. The molecule has 1 amide bonds. The van der Waals surface area contributed by atoms with Crippen molar-refractivity contribution in [1.82, 2.24) is 4.90 Å². The van der Waals surface area contributed by atoms with Crippen LogP contribution in [0.2, 0.25) is 0 Å². The molecule has 25 heavy (non-hydrogen) atoms. The van der Waals surface area contributed by atoms with E-state index in [2.05, 4.69) is 34.1 Å². The standard InChI is InChI=1S/C20H22N2O3/c1-22-12-11-14-5-3-4-6-17(14)18(22)13-19(23)21-16-9-7-15(8-10-16)20(24)25-2/h3-10,18H,11-13H2,1-2H3,(H,21,23). The lowest BCUT2D eigenvalue weighted by Crippen LogP contribution is -2.34. The van der Waals surface area contributed by atoms with Crippen LogP contribution < -0.4 is 5.32 Å². The summed E-state index contributed by atoms with van der Waals surface area (Å²) in [4.78, 5) is 26.2. The fourth-order valence-electron chi connectivity index (χ4n) is 3.24. The zero-order chi connectivity index (χ0) is 17.8. The topological polar surface area (TPSA) is 58.6 Å². The summed E-state index contributed by atoms with van der Waals surface area (Å²) in [6, 6.07) is 15.1. The maximum Gasteiger partial charge on any atom is 0.337 e. The summed E-state index contributed by atoms with van der Waals surface area (Å²) in [6.07, 6.45) is 1.41. The highest BCUT2D eigenvalue weighted by Crippen LogP contribution is 2.31. The number of carbonyl (C=O) groups excluding carboxylic acids is 2. The summed E-state index contributed by atoms with van der Waals surface area (Å²) in [6.45, 7) is 0.947. The van der Waals surface area contributed by atoms with Crippen LogP contribution in [0.25, 0.3) is 0 Å². The van der Waals surface area contributed by atoms with E-state index in [0.29, 0.717) is 17.7 Å². The summed E-state index contributed by atoms with van der Waals surface area (Å²) < 4.78 is 4.67. The molecule has 1 heterocycles. The van der Waals surface area contributed by atoms with Crippen molar-refractivity contribution in [2.24, 2.45) is 0 Å². The van der Waals surface area contributed by atoms with Crippen LogP contribution in [0, 0.1) is 0 Å². The van der Waals surface area contributed by atoms with E-state index in [1.54, 1.807) is 24.3 Å². The van der Waals surface area contributed by atoms with Crippen LogP contribution in [0.5, 0.6) is 0 Å². The Labute approximate surface area is 147 Å². The molecule has 5 nitrogen and oxygen atoms in total. The highest BCUT2D eigenvalue weighted by molar-refractivity contribution is 5.93. The van der Waals surface area contributed by atoms with Crippen molar-refractivity contribution in [2.45, 2.75) is 18.9 Å². The van der Waals surface area contributed by atoms with Crippen LogP contribution in [0.1, 0.15) is 33.9 Å². The highest BCUT2D eigenvalue weighted by atomic mass is 16.5. The molecule has 1 unspecified atom stereocenters. The summed E-state index contributed by atoms with van der Waals surface area (Å²) in [5, 5.41) is 2.91. The minimum atomic E-state index is -0.390. The SMILES string of the molecule is COC(=O)c1ccc(NC(=O)CC2c3ccccc3CCN2C)cc1. The lowest BCUT2D eigenvalue weighted by atomic mass is 9.91. The van der Waals surface area contributed by atoms with E-state index in [1.165, 1.54) is 18.2 Å². The summed E-state index contributed by atoms with van der Waals surface area (Å²) >= 11 is 0. The van der Waals surface area contributed by atoms with Crippen molar-refractivity contribution >= 4 is 17.6 Å². The van der Waals surface area contributed by atoms with Gasteiger partial charge in [-0.05, 0) is 48.9 Å². The first kappa shape index (κ1) is 17.2. The fourth-order valence-corrected chi connectivity index (χ4v) is 3.24. The van der Waals surface area contributed by atoms with Crippen LogP contribution in [-0.2, 0) is 16.0 Å². The molecule has 1 atom stereocenters. The second-order valence-corrected chi connectivity index (χ2v) is 6.27. The number of ether oxygens (including phenoxy) is 1. The Morgan fingerprint density at radius 3 is 2.60 bits per heavy atom. The van der Waals surface area contributed by atoms with Gasteiger partial charge in [0.2, 0.25) is 5.91 Å². The molecule has 5 heteroatoms. The van der Waals surface area contributed by atoms with Crippen molar-refractivity contribution in [3.63, 3.8) is 0 Å². The van der Waals surface area contributed by atoms with Gasteiger partial charge in [-0.25, -0.2) is 4.79 Å². The zero-order valence-corrected chi connectivity index (χ0v) is 14.5. The van der Waals surface area contributed by atoms with Crippen LogP contribution >= 0.6 is 0 Å². The monoisotopic (exact) mass is 338 g/mol. The lowest BCUT2D eigenvalue weighted by Gasteiger charge is -2.34. The Kier molecular flexibility index (Phi) is 5.14. The fraction of sp³-hybridized carbons (Fsp3) is 0.300. The molecule has 0 fully saturated rings. The Bertz CT molecular complexity index is 771. The highest BCUT2D eigenvalue weighted by Gasteiger charge is 2.26. The number of likely N-dealkylation sites (N-methyl/N-ethyl adjacent to an activating group) is 1.